The van der Waals surface area contributed by atoms with E-state index in [9.17, 15) is 19.3 Å². The zero-order valence-corrected chi connectivity index (χ0v) is 20.1. The molecule has 4 aliphatic carbocycles. The van der Waals surface area contributed by atoms with Gasteiger partial charge in [-0.15, -0.1) is 0 Å². The van der Waals surface area contributed by atoms with E-state index < -0.39 is 14.6 Å². The molecule has 0 amide bonds. The molecule has 0 aromatic carbocycles. The van der Waals surface area contributed by atoms with Crippen LogP contribution in [0.4, 0.5) is 0 Å². The van der Waals surface area contributed by atoms with E-state index in [-0.39, 0.29) is 46.9 Å². The van der Waals surface area contributed by atoms with E-state index >= 15 is 0 Å². The molecular formula is C24H33O7P. The Morgan fingerprint density at radius 3 is 2.69 bits per heavy atom. The van der Waals surface area contributed by atoms with Crippen molar-refractivity contribution in [1.29, 1.82) is 0 Å². The molecule has 3 saturated carbocycles. The van der Waals surface area contributed by atoms with E-state index in [2.05, 4.69) is 13.8 Å². The van der Waals surface area contributed by atoms with Crippen molar-refractivity contribution < 1.29 is 33.1 Å². The maximum atomic E-state index is 13.0. The van der Waals surface area contributed by atoms with Crippen LogP contribution < -0.4 is 0 Å². The molecule has 0 radical (unpaired) electrons. The summed E-state index contributed by atoms with van der Waals surface area (Å²) in [7, 11) is -0.618. The predicted octanol–water partition coefficient (Wildman–Crippen LogP) is 3.90. The Labute approximate surface area is 190 Å². The summed E-state index contributed by atoms with van der Waals surface area (Å²) in [6.07, 6.45) is 9.21. The monoisotopic (exact) mass is 464 g/mol. The molecule has 0 bridgehead atoms. The SMILES string of the molecule is COP(O)OC1CC2(C)C(C(=O)COC(C)=O)CCC2C2CCC3=CC(=O)C=CC3(C)C12. The second kappa shape index (κ2) is 8.75. The lowest BCUT2D eigenvalue weighted by Crippen LogP contribution is -2.57. The summed E-state index contributed by atoms with van der Waals surface area (Å²) in [4.78, 5) is 46.6. The number of rotatable bonds is 6. The summed E-state index contributed by atoms with van der Waals surface area (Å²) >= 11 is 0. The molecule has 8 atom stereocenters. The second-order valence-electron chi connectivity index (χ2n) is 10.2. The Balaban J connectivity index is 1.69. The highest BCUT2D eigenvalue weighted by molar-refractivity contribution is 7.40. The third kappa shape index (κ3) is 3.91. The van der Waals surface area contributed by atoms with Crippen molar-refractivity contribution in [3.05, 3.63) is 23.8 Å². The molecule has 0 aliphatic heterocycles. The summed E-state index contributed by atoms with van der Waals surface area (Å²) in [5, 5.41) is 0. The smallest absolute Gasteiger partial charge is 0.329 e. The number of Topliss-reactive ketones (excluding diaryl/α,β-unsaturated/α-hetero) is 1. The van der Waals surface area contributed by atoms with Crippen LogP contribution >= 0.6 is 8.60 Å². The highest BCUT2D eigenvalue weighted by Gasteiger charge is 2.63. The van der Waals surface area contributed by atoms with Crippen LogP contribution in [0.15, 0.2) is 23.8 Å². The molecule has 0 aromatic rings. The lowest BCUT2D eigenvalue weighted by atomic mass is 9.46. The molecule has 0 saturated heterocycles. The third-order valence-electron chi connectivity index (χ3n) is 8.66. The normalized spacial score (nSPS) is 41.2. The molecule has 32 heavy (non-hydrogen) atoms. The zero-order chi connectivity index (χ0) is 23.3. The number of esters is 1. The third-order valence-corrected chi connectivity index (χ3v) is 9.42. The molecule has 4 rings (SSSR count). The van der Waals surface area contributed by atoms with Gasteiger partial charge in [-0.05, 0) is 61.5 Å². The van der Waals surface area contributed by atoms with E-state index in [4.69, 9.17) is 13.8 Å². The number of hydrogen-bond donors (Lipinski definition) is 1. The minimum atomic E-state index is -2.04. The van der Waals surface area contributed by atoms with Crippen LogP contribution in [0.25, 0.3) is 0 Å². The number of allylic oxidation sites excluding steroid dienone is 4. The van der Waals surface area contributed by atoms with Gasteiger partial charge in [0.2, 0.25) is 0 Å². The van der Waals surface area contributed by atoms with Crippen molar-refractivity contribution in [3.8, 4) is 0 Å². The van der Waals surface area contributed by atoms with E-state index in [1.165, 1.54) is 14.0 Å². The van der Waals surface area contributed by atoms with Crippen molar-refractivity contribution in [2.24, 2.45) is 34.5 Å². The van der Waals surface area contributed by atoms with Gasteiger partial charge in [0.15, 0.2) is 11.6 Å². The number of carbonyl (C=O) groups excluding carboxylic acids is 3. The summed E-state index contributed by atoms with van der Waals surface area (Å²) < 4.78 is 16.2. The second-order valence-corrected chi connectivity index (χ2v) is 11.2. The molecule has 3 fully saturated rings. The van der Waals surface area contributed by atoms with Gasteiger partial charge in [0.05, 0.1) is 6.10 Å². The first kappa shape index (κ1) is 23.7. The largest absolute Gasteiger partial charge is 0.458 e. The minimum Gasteiger partial charge on any atom is -0.458 e. The fourth-order valence-corrected chi connectivity index (χ4v) is 7.87. The highest BCUT2D eigenvalue weighted by atomic mass is 31.2. The Bertz CT molecular complexity index is 866. The average molecular weight is 464 g/mol. The number of ketones is 2. The molecule has 0 heterocycles. The zero-order valence-electron chi connectivity index (χ0n) is 19.2. The maximum absolute atomic E-state index is 13.0. The van der Waals surface area contributed by atoms with Gasteiger partial charge in [0.1, 0.15) is 6.61 Å². The van der Waals surface area contributed by atoms with Crippen molar-refractivity contribution in [2.75, 3.05) is 13.7 Å². The molecular weight excluding hydrogens is 431 g/mol. The van der Waals surface area contributed by atoms with Crippen molar-refractivity contribution >= 4 is 26.1 Å². The van der Waals surface area contributed by atoms with Gasteiger partial charge in [-0.1, -0.05) is 25.5 Å². The fraction of sp³-hybridized carbons (Fsp3) is 0.708. The number of carbonyl (C=O) groups is 3. The van der Waals surface area contributed by atoms with Crippen LogP contribution in [0.1, 0.15) is 52.9 Å². The van der Waals surface area contributed by atoms with Crippen LogP contribution in [0.5, 0.6) is 0 Å². The average Bonchev–Trinajstić information content (AvgIpc) is 3.08. The van der Waals surface area contributed by atoms with Crippen LogP contribution in [0.3, 0.4) is 0 Å². The van der Waals surface area contributed by atoms with Crippen molar-refractivity contribution in [2.45, 2.75) is 59.0 Å². The Kier molecular flexibility index (Phi) is 6.49. The van der Waals surface area contributed by atoms with E-state index in [0.717, 1.165) is 31.3 Å². The molecule has 8 heteroatoms. The summed E-state index contributed by atoms with van der Waals surface area (Å²) in [5.74, 6) is 0.0332. The van der Waals surface area contributed by atoms with Gasteiger partial charge >= 0.3 is 14.6 Å². The number of ether oxygens (including phenoxy) is 1. The van der Waals surface area contributed by atoms with Gasteiger partial charge in [-0.2, -0.15) is 0 Å². The first-order valence-electron chi connectivity index (χ1n) is 11.4. The van der Waals surface area contributed by atoms with E-state index in [1.807, 2.05) is 6.08 Å². The van der Waals surface area contributed by atoms with Gasteiger partial charge in [-0.25, -0.2) is 0 Å². The van der Waals surface area contributed by atoms with Crippen LogP contribution in [-0.2, 0) is 28.2 Å². The minimum absolute atomic E-state index is 0.0207. The Morgan fingerprint density at radius 2 is 2.00 bits per heavy atom. The molecule has 4 aliphatic rings. The van der Waals surface area contributed by atoms with E-state index in [1.54, 1.807) is 12.2 Å². The van der Waals surface area contributed by atoms with Gasteiger partial charge < -0.3 is 18.7 Å². The van der Waals surface area contributed by atoms with Crippen molar-refractivity contribution in [3.63, 3.8) is 0 Å². The summed E-state index contributed by atoms with van der Waals surface area (Å²) in [5.41, 5.74) is 0.495. The predicted molar refractivity (Wildman–Crippen MR) is 118 cm³/mol. The molecule has 176 valence electrons. The number of hydrogen-bond acceptors (Lipinski definition) is 7. The topological polar surface area (TPSA) is 99.1 Å². The quantitative estimate of drug-likeness (QED) is 0.470. The first-order valence-corrected chi connectivity index (χ1v) is 12.5. The molecule has 0 aromatic heterocycles. The Hall–Kier alpha value is -1.40. The van der Waals surface area contributed by atoms with Gasteiger partial charge in [0, 0.05) is 31.3 Å². The summed E-state index contributed by atoms with van der Waals surface area (Å²) in [6.45, 7) is 5.45. The van der Waals surface area contributed by atoms with Gasteiger partial charge in [-0.3, -0.25) is 14.4 Å². The van der Waals surface area contributed by atoms with Gasteiger partial charge in [0.25, 0.3) is 0 Å². The molecule has 7 nitrogen and oxygen atoms in total. The molecule has 0 spiro atoms. The molecule has 8 unspecified atom stereocenters. The molecule has 1 N–H and O–H groups in total. The number of fused-ring (bicyclic) bond motifs is 5. The Morgan fingerprint density at radius 1 is 1.25 bits per heavy atom. The van der Waals surface area contributed by atoms with Crippen LogP contribution in [0.2, 0.25) is 0 Å². The fourth-order valence-electron chi connectivity index (χ4n) is 7.35. The lowest BCUT2D eigenvalue weighted by Gasteiger charge is -2.59. The first-order chi connectivity index (χ1) is 15.1. The van der Waals surface area contributed by atoms with Crippen molar-refractivity contribution in [1.82, 2.24) is 0 Å². The lowest BCUT2D eigenvalue weighted by molar-refractivity contribution is -0.151. The standard InChI is InChI=1S/C24H33O7P/c1-14(25)30-13-20(27)19-8-7-18-17-6-5-15-11-16(26)9-10-23(15,2)22(17)21(12-24(18,19)3)31-32(28)29-4/h9-11,17-19,21-22,28H,5-8,12-13H2,1-4H3. The van der Waals surface area contributed by atoms with Crippen LogP contribution in [-0.4, -0.2) is 42.2 Å². The van der Waals surface area contributed by atoms with Crippen LogP contribution in [0, 0.1) is 34.5 Å². The highest BCUT2D eigenvalue weighted by Crippen LogP contribution is 2.67. The maximum Gasteiger partial charge on any atom is 0.329 e. The van der Waals surface area contributed by atoms with E-state index in [0.29, 0.717) is 18.3 Å². The summed E-state index contributed by atoms with van der Waals surface area (Å²) in [6, 6.07) is 0.